The van der Waals surface area contributed by atoms with Gasteiger partial charge >= 0.3 is 0 Å². The molecule has 1 amide bonds. The summed E-state index contributed by atoms with van der Waals surface area (Å²) in [6, 6.07) is 5.30. The Morgan fingerprint density at radius 2 is 2.35 bits per heavy atom. The van der Waals surface area contributed by atoms with E-state index in [0.29, 0.717) is 24.7 Å². The number of hydrogen-bond donors (Lipinski definition) is 2. The molecule has 2 rings (SSSR count). The second kappa shape index (κ2) is 8.20. The van der Waals surface area contributed by atoms with E-state index in [1.807, 2.05) is 25.1 Å². The molecule has 112 valence electrons. The number of morpholine rings is 1. The molecule has 0 radical (unpaired) electrons. The lowest BCUT2D eigenvalue weighted by Crippen LogP contribution is -2.55. The Morgan fingerprint density at radius 3 is 3.00 bits per heavy atom. The fraction of sp³-hybridized carbons (Fsp3) is 0.462. The molecule has 1 aromatic carbocycles. The molecule has 0 unspecified atom stereocenters. The summed E-state index contributed by atoms with van der Waals surface area (Å²) in [5, 5.41) is 6.66. The van der Waals surface area contributed by atoms with Crippen molar-refractivity contribution in [1.82, 2.24) is 10.6 Å². The highest BCUT2D eigenvalue weighted by molar-refractivity contribution is 9.10. The number of nitrogens with one attached hydrogen (secondary N) is 2. The van der Waals surface area contributed by atoms with Crippen LogP contribution in [0.3, 0.4) is 0 Å². The average Bonchev–Trinajstić information content (AvgIpc) is 2.38. The second-order valence-corrected chi connectivity index (χ2v) is 5.78. The Labute approximate surface area is 138 Å². The second-order valence-electron chi connectivity index (χ2n) is 4.46. The summed E-state index contributed by atoms with van der Waals surface area (Å²) in [4.78, 5) is 12.1. The highest BCUT2D eigenvalue weighted by Gasteiger charge is 2.27. The summed E-state index contributed by atoms with van der Waals surface area (Å²) < 4.78 is 6.37. The summed E-state index contributed by atoms with van der Waals surface area (Å²) in [5.74, 6) is -0.0637. The first-order chi connectivity index (χ1) is 9.08. The number of amides is 1. The summed E-state index contributed by atoms with van der Waals surface area (Å²) in [6.07, 6.45) is -0.117. The molecular formula is C13H17BrCl2N2O2. The summed E-state index contributed by atoms with van der Waals surface area (Å²) in [6.45, 7) is 3.64. The number of rotatable bonds is 3. The van der Waals surface area contributed by atoms with E-state index < -0.39 is 0 Å². The van der Waals surface area contributed by atoms with Crippen molar-refractivity contribution in [3.63, 3.8) is 0 Å². The molecule has 20 heavy (non-hydrogen) atoms. The molecule has 7 heteroatoms. The largest absolute Gasteiger partial charge is 0.375 e. The molecule has 2 atom stereocenters. The van der Waals surface area contributed by atoms with Crippen molar-refractivity contribution in [2.75, 3.05) is 13.2 Å². The minimum Gasteiger partial charge on any atom is -0.375 e. The van der Waals surface area contributed by atoms with Crippen molar-refractivity contribution in [2.24, 2.45) is 0 Å². The monoisotopic (exact) mass is 382 g/mol. The predicted octanol–water partition coefficient (Wildman–Crippen LogP) is 2.52. The van der Waals surface area contributed by atoms with E-state index >= 15 is 0 Å². The van der Waals surface area contributed by atoms with Crippen LogP contribution in [0.2, 0.25) is 5.02 Å². The number of carbonyl (C=O) groups excluding carboxylic acids is 1. The summed E-state index contributed by atoms with van der Waals surface area (Å²) >= 11 is 9.45. The molecule has 4 nitrogen and oxygen atoms in total. The van der Waals surface area contributed by atoms with Gasteiger partial charge in [0.05, 0.1) is 12.7 Å². The van der Waals surface area contributed by atoms with Crippen molar-refractivity contribution in [2.45, 2.75) is 25.6 Å². The SMILES string of the molecule is C[C@H]1OCCN[C@@H]1C(=O)NCc1ccc(Br)cc1Cl.Cl. The number of benzene rings is 1. The normalized spacial score (nSPS) is 21.9. The smallest absolute Gasteiger partial charge is 0.240 e. The van der Waals surface area contributed by atoms with E-state index in [1.54, 1.807) is 0 Å². The van der Waals surface area contributed by atoms with E-state index in [9.17, 15) is 4.79 Å². The van der Waals surface area contributed by atoms with Gasteiger partial charge in [0.2, 0.25) is 5.91 Å². The van der Waals surface area contributed by atoms with Gasteiger partial charge in [0.25, 0.3) is 0 Å². The Bertz CT molecular complexity index is 474. The number of halogens is 3. The van der Waals surface area contributed by atoms with Crippen LogP contribution in [0.1, 0.15) is 12.5 Å². The standard InChI is InChI=1S/C13H16BrClN2O2.ClH/c1-8-12(16-4-5-19-8)13(18)17-7-9-2-3-10(14)6-11(9)15;/h2-3,6,8,12,16H,4-5,7H2,1H3,(H,17,18);1H/t8-,12+;/m1./s1. The molecule has 1 heterocycles. The van der Waals surface area contributed by atoms with Gasteiger partial charge in [-0.3, -0.25) is 4.79 Å². The van der Waals surface area contributed by atoms with E-state index in [-0.39, 0.29) is 30.5 Å². The van der Waals surface area contributed by atoms with Crippen LogP contribution >= 0.6 is 39.9 Å². The number of ether oxygens (including phenoxy) is 1. The highest BCUT2D eigenvalue weighted by Crippen LogP contribution is 2.21. The Morgan fingerprint density at radius 1 is 1.60 bits per heavy atom. The molecule has 1 fully saturated rings. The van der Waals surface area contributed by atoms with Gasteiger partial charge in [-0.15, -0.1) is 12.4 Å². The zero-order chi connectivity index (χ0) is 13.8. The lowest BCUT2D eigenvalue weighted by molar-refractivity contribution is -0.129. The lowest BCUT2D eigenvalue weighted by atomic mass is 10.1. The van der Waals surface area contributed by atoms with Gasteiger partial charge in [0.1, 0.15) is 6.04 Å². The third kappa shape index (κ3) is 4.60. The van der Waals surface area contributed by atoms with Gasteiger partial charge in [-0.05, 0) is 24.6 Å². The molecule has 1 aliphatic rings. The average molecular weight is 384 g/mol. The van der Waals surface area contributed by atoms with E-state index in [2.05, 4.69) is 26.6 Å². The first-order valence-electron chi connectivity index (χ1n) is 6.14. The van der Waals surface area contributed by atoms with Crippen LogP contribution in [0.15, 0.2) is 22.7 Å². The quantitative estimate of drug-likeness (QED) is 0.843. The molecule has 1 saturated heterocycles. The Balaban J connectivity index is 0.00000200. The molecule has 0 aromatic heterocycles. The molecule has 0 bridgehead atoms. The minimum atomic E-state index is -0.303. The molecular weight excluding hydrogens is 367 g/mol. The van der Waals surface area contributed by atoms with Crippen LogP contribution < -0.4 is 10.6 Å². The molecule has 1 aromatic rings. The number of hydrogen-bond acceptors (Lipinski definition) is 3. The van der Waals surface area contributed by atoms with Crippen LogP contribution in [-0.4, -0.2) is 31.2 Å². The van der Waals surface area contributed by atoms with Crippen molar-refractivity contribution in [3.8, 4) is 0 Å². The third-order valence-corrected chi connectivity index (χ3v) is 3.91. The topological polar surface area (TPSA) is 50.4 Å². The zero-order valence-electron chi connectivity index (χ0n) is 11.0. The third-order valence-electron chi connectivity index (χ3n) is 3.07. The molecule has 1 aliphatic heterocycles. The maximum Gasteiger partial charge on any atom is 0.240 e. The van der Waals surface area contributed by atoms with Crippen LogP contribution in [0.4, 0.5) is 0 Å². The molecule has 0 aliphatic carbocycles. The van der Waals surface area contributed by atoms with Crippen molar-refractivity contribution in [3.05, 3.63) is 33.3 Å². The van der Waals surface area contributed by atoms with Crippen LogP contribution in [-0.2, 0) is 16.1 Å². The Kier molecular flexibility index (Phi) is 7.26. The van der Waals surface area contributed by atoms with Gasteiger partial charge in [-0.2, -0.15) is 0 Å². The van der Waals surface area contributed by atoms with E-state index in [1.165, 1.54) is 0 Å². The van der Waals surface area contributed by atoms with E-state index in [4.69, 9.17) is 16.3 Å². The first-order valence-corrected chi connectivity index (χ1v) is 7.31. The minimum absolute atomic E-state index is 0. The highest BCUT2D eigenvalue weighted by atomic mass is 79.9. The first kappa shape index (κ1) is 17.7. The maximum atomic E-state index is 12.1. The fourth-order valence-electron chi connectivity index (χ4n) is 1.98. The van der Waals surface area contributed by atoms with Crippen molar-refractivity contribution < 1.29 is 9.53 Å². The van der Waals surface area contributed by atoms with Crippen LogP contribution in [0.5, 0.6) is 0 Å². The summed E-state index contributed by atoms with van der Waals surface area (Å²) in [7, 11) is 0. The lowest BCUT2D eigenvalue weighted by Gasteiger charge is -2.29. The fourth-order valence-corrected chi connectivity index (χ4v) is 2.72. The van der Waals surface area contributed by atoms with Gasteiger partial charge in [0, 0.05) is 22.6 Å². The molecule has 0 spiro atoms. The van der Waals surface area contributed by atoms with Crippen molar-refractivity contribution >= 4 is 45.8 Å². The van der Waals surface area contributed by atoms with Gasteiger partial charge in [0.15, 0.2) is 0 Å². The van der Waals surface area contributed by atoms with E-state index in [0.717, 1.165) is 10.0 Å². The molecule has 2 N–H and O–H groups in total. The van der Waals surface area contributed by atoms with Gasteiger partial charge < -0.3 is 15.4 Å². The van der Waals surface area contributed by atoms with Gasteiger partial charge in [-0.1, -0.05) is 33.6 Å². The predicted molar refractivity (Wildman–Crippen MR) is 85.5 cm³/mol. The zero-order valence-corrected chi connectivity index (χ0v) is 14.1. The van der Waals surface area contributed by atoms with Gasteiger partial charge in [-0.25, -0.2) is 0 Å². The Hall–Kier alpha value is -0.330. The maximum absolute atomic E-state index is 12.1. The van der Waals surface area contributed by atoms with Crippen LogP contribution in [0, 0.1) is 0 Å². The number of carbonyl (C=O) groups is 1. The molecule has 0 saturated carbocycles. The van der Waals surface area contributed by atoms with Crippen LogP contribution in [0.25, 0.3) is 0 Å². The van der Waals surface area contributed by atoms with Crippen molar-refractivity contribution in [1.29, 1.82) is 0 Å². The summed E-state index contributed by atoms with van der Waals surface area (Å²) in [5.41, 5.74) is 0.891.